The smallest absolute Gasteiger partial charge is 0.318 e. The predicted octanol–water partition coefficient (Wildman–Crippen LogP) is 3.85. The number of ether oxygens (including phenoxy) is 1. The Morgan fingerprint density at radius 3 is 2.48 bits per heavy atom. The molecular formula is C15H13FN2O4S. The highest BCUT2D eigenvalue weighted by atomic mass is 32.2. The van der Waals surface area contributed by atoms with E-state index in [9.17, 15) is 19.3 Å². The first-order chi connectivity index (χ1) is 10.9. The van der Waals surface area contributed by atoms with Crippen molar-refractivity contribution >= 4 is 29.0 Å². The van der Waals surface area contributed by atoms with Gasteiger partial charge in [-0.3, -0.25) is 14.9 Å². The van der Waals surface area contributed by atoms with Gasteiger partial charge in [-0.25, -0.2) is 0 Å². The minimum absolute atomic E-state index is 0.138. The van der Waals surface area contributed by atoms with Gasteiger partial charge >= 0.3 is 5.69 Å². The van der Waals surface area contributed by atoms with E-state index in [0.717, 1.165) is 17.8 Å². The van der Waals surface area contributed by atoms with Gasteiger partial charge in [0, 0.05) is 29.6 Å². The summed E-state index contributed by atoms with van der Waals surface area (Å²) in [5, 5.41) is 13.7. The lowest BCUT2D eigenvalue weighted by Gasteiger charge is -2.08. The van der Waals surface area contributed by atoms with Crippen LogP contribution in [0.1, 0.15) is 6.92 Å². The van der Waals surface area contributed by atoms with E-state index in [1.807, 2.05) is 0 Å². The van der Waals surface area contributed by atoms with E-state index in [1.165, 1.54) is 20.1 Å². The molecule has 0 aliphatic carbocycles. The summed E-state index contributed by atoms with van der Waals surface area (Å²) >= 11 is 1.04. The normalized spacial score (nSPS) is 10.2. The van der Waals surface area contributed by atoms with Crippen molar-refractivity contribution in [2.45, 2.75) is 16.7 Å². The predicted molar refractivity (Wildman–Crippen MR) is 84.5 cm³/mol. The number of nitro groups is 1. The van der Waals surface area contributed by atoms with Crippen molar-refractivity contribution in [3.05, 3.63) is 52.3 Å². The number of carbonyl (C=O) groups excluding carboxylic acids is 1. The molecule has 0 spiro atoms. The van der Waals surface area contributed by atoms with Crippen LogP contribution in [0, 0.1) is 15.9 Å². The Labute approximate surface area is 135 Å². The van der Waals surface area contributed by atoms with Gasteiger partial charge in [-0.1, -0.05) is 11.8 Å². The topological polar surface area (TPSA) is 81.5 Å². The van der Waals surface area contributed by atoms with Crippen molar-refractivity contribution in [1.82, 2.24) is 0 Å². The summed E-state index contributed by atoms with van der Waals surface area (Å²) in [5.74, 6) is -0.951. The lowest BCUT2D eigenvalue weighted by molar-refractivity contribution is -0.390. The van der Waals surface area contributed by atoms with Crippen LogP contribution in [-0.2, 0) is 4.79 Å². The van der Waals surface area contributed by atoms with Crippen LogP contribution in [0.15, 0.2) is 46.2 Å². The molecule has 0 unspecified atom stereocenters. The maximum atomic E-state index is 13.9. The van der Waals surface area contributed by atoms with Crippen LogP contribution in [0.4, 0.5) is 15.8 Å². The first-order valence-corrected chi connectivity index (χ1v) is 7.30. The van der Waals surface area contributed by atoms with E-state index < -0.39 is 16.4 Å². The number of nitrogens with zero attached hydrogens (tertiary/aromatic N) is 1. The van der Waals surface area contributed by atoms with Crippen molar-refractivity contribution in [2.24, 2.45) is 0 Å². The van der Waals surface area contributed by atoms with Crippen molar-refractivity contribution in [3.8, 4) is 5.75 Å². The van der Waals surface area contributed by atoms with Crippen LogP contribution in [0.25, 0.3) is 0 Å². The second-order valence-corrected chi connectivity index (χ2v) is 5.64. The molecule has 0 aliphatic rings. The van der Waals surface area contributed by atoms with Crippen LogP contribution >= 0.6 is 11.8 Å². The number of hydrogen-bond donors (Lipinski definition) is 1. The number of rotatable bonds is 5. The number of amides is 1. The Hall–Kier alpha value is -2.61. The molecule has 23 heavy (non-hydrogen) atoms. The van der Waals surface area contributed by atoms with Crippen molar-refractivity contribution in [2.75, 3.05) is 12.4 Å². The summed E-state index contributed by atoms with van der Waals surface area (Å²) in [6.07, 6.45) is 0. The number of carbonyl (C=O) groups is 1. The highest BCUT2D eigenvalue weighted by Gasteiger charge is 2.23. The van der Waals surface area contributed by atoms with E-state index in [2.05, 4.69) is 5.32 Å². The average Bonchev–Trinajstić information content (AvgIpc) is 2.47. The van der Waals surface area contributed by atoms with Gasteiger partial charge in [0.1, 0.15) is 5.75 Å². The minimum atomic E-state index is -0.952. The fourth-order valence-electron chi connectivity index (χ4n) is 1.86. The molecule has 8 heteroatoms. The SMILES string of the molecule is COc1cc(F)c([N+](=O)[O-])c(Sc2ccc(NC(C)=O)cc2)c1. The first-order valence-electron chi connectivity index (χ1n) is 6.48. The molecule has 120 valence electrons. The van der Waals surface area contributed by atoms with E-state index in [-0.39, 0.29) is 16.6 Å². The fourth-order valence-corrected chi connectivity index (χ4v) is 2.83. The number of methoxy groups -OCH3 is 1. The number of halogens is 1. The molecule has 1 N–H and O–H groups in total. The molecule has 2 rings (SSSR count). The first kappa shape index (κ1) is 16.8. The molecule has 0 bridgehead atoms. The molecule has 6 nitrogen and oxygen atoms in total. The quantitative estimate of drug-likeness (QED) is 0.662. The second-order valence-electron chi connectivity index (χ2n) is 4.52. The van der Waals surface area contributed by atoms with Crippen molar-refractivity contribution in [1.29, 1.82) is 0 Å². The summed E-state index contributed by atoms with van der Waals surface area (Å²) in [6, 6.07) is 9.06. The van der Waals surface area contributed by atoms with Gasteiger partial charge in [0.25, 0.3) is 0 Å². The number of anilines is 1. The van der Waals surface area contributed by atoms with Crippen LogP contribution in [0.3, 0.4) is 0 Å². The highest BCUT2D eigenvalue weighted by Crippen LogP contribution is 2.39. The average molecular weight is 336 g/mol. The number of nitro benzene ring substituents is 1. The molecule has 0 aromatic heterocycles. The summed E-state index contributed by atoms with van der Waals surface area (Å²) in [5.41, 5.74) is 0.00918. The van der Waals surface area contributed by atoms with Gasteiger partial charge in [0.15, 0.2) is 0 Å². The lowest BCUT2D eigenvalue weighted by Crippen LogP contribution is -2.05. The summed E-state index contributed by atoms with van der Waals surface area (Å²) < 4.78 is 18.8. The summed E-state index contributed by atoms with van der Waals surface area (Å²) in [7, 11) is 1.36. The van der Waals surface area contributed by atoms with Crippen molar-refractivity contribution in [3.63, 3.8) is 0 Å². The standard InChI is InChI=1S/C15H13FN2O4S/c1-9(19)17-10-3-5-12(6-4-10)23-14-8-11(22-2)7-13(16)15(14)18(20)21/h3-8H,1-2H3,(H,17,19). The Balaban J connectivity index is 2.33. The van der Waals surface area contributed by atoms with Gasteiger partial charge in [-0.2, -0.15) is 4.39 Å². The van der Waals surface area contributed by atoms with E-state index in [0.29, 0.717) is 10.6 Å². The van der Waals surface area contributed by atoms with E-state index in [4.69, 9.17) is 4.74 Å². The highest BCUT2D eigenvalue weighted by molar-refractivity contribution is 7.99. The fraction of sp³-hybridized carbons (Fsp3) is 0.133. The molecular weight excluding hydrogens is 323 g/mol. The maximum Gasteiger partial charge on any atom is 0.318 e. The zero-order chi connectivity index (χ0) is 17.0. The van der Waals surface area contributed by atoms with Crippen molar-refractivity contribution < 1.29 is 18.8 Å². The number of benzene rings is 2. The Bertz CT molecular complexity index is 750. The molecule has 0 atom stereocenters. The zero-order valence-electron chi connectivity index (χ0n) is 12.3. The number of nitrogens with one attached hydrogen (secondary N) is 1. The third-order valence-electron chi connectivity index (χ3n) is 2.82. The van der Waals surface area contributed by atoms with E-state index >= 15 is 0 Å². The summed E-state index contributed by atoms with van der Waals surface area (Å²) in [6.45, 7) is 1.39. The second kappa shape index (κ2) is 7.10. The molecule has 0 radical (unpaired) electrons. The summed E-state index contributed by atoms with van der Waals surface area (Å²) in [4.78, 5) is 22.1. The minimum Gasteiger partial charge on any atom is -0.497 e. The van der Waals surface area contributed by atoms with Crippen LogP contribution in [-0.4, -0.2) is 17.9 Å². The van der Waals surface area contributed by atoms with E-state index in [1.54, 1.807) is 24.3 Å². The Kier molecular flexibility index (Phi) is 5.17. The zero-order valence-corrected chi connectivity index (χ0v) is 13.1. The largest absolute Gasteiger partial charge is 0.497 e. The van der Waals surface area contributed by atoms with Crippen LogP contribution < -0.4 is 10.1 Å². The molecule has 0 saturated heterocycles. The van der Waals surface area contributed by atoms with Gasteiger partial charge in [-0.05, 0) is 24.3 Å². The molecule has 0 fully saturated rings. The number of hydrogen-bond acceptors (Lipinski definition) is 5. The maximum absolute atomic E-state index is 13.9. The van der Waals surface area contributed by atoms with Gasteiger partial charge in [0.2, 0.25) is 11.7 Å². The molecule has 2 aromatic carbocycles. The monoisotopic (exact) mass is 336 g/mol. The molecule has 0 heterocycles. The molecule has 0 saturated carbocycles. The van der Waals surface area contributed by atoms with Crippen LogP contribution in [0.2, 0.25) is 0 Å². The molecule has 0 aliphatic heterocycles. The third kappa shape index (κ3) is 4.19. The Morgan fingerprint density at radius 2 is 1.96 bits per heavy atom. The van der Waals surface area contributed by atoms with Gasteiger partial charge in [0.05, 0.1) is 16.9 Å². The van der Waals surface area contributed by atoms with Crippen LogP contribution in [0.5, 0.6) is 5.75 Å². The van der Waals surface area contributed by atoms with Gasteiger partial charge in [-0.15, -0.1) is 0 Å². The Morgan fingerprint density at radius 1 is 1.30 bits per heavy atom. The molecule has 1 amide bonds. The lowest BCUT2D eigenvalue weighted by atomic mass is 10.3. The third-order valence-corrected chi connectivity index (χ3v) is 3.86. The van der Waals surface area contributed by atoms with Gasteiger partial charge < -0.3 is 10.1 Å². The molecule has 2 aromatic rings.